The number of carbonyl (C=O) groups is 1. The van der Waals surface area contributed by atoms with Crippen LogP contribution in [0.15, 0.2) is 59.8 Å². The van der Waals surface area contributed by atoms with Crippen LogP contribution < -0.4 is 10.2 Å². The van der Waals surface area contributed by atoms with Crippen LogP contribution in [0.25, 0.3) is 10.9 Å². The number of aromatic nitrogens is 1. The number of nitrogens with one attached hydrogen (secondary N) is 1. The fourth-order valence-electron chi connectivity index (χ4n) is 2.47. The Hall–Kier alpha value is -3.08. The highest BCUT2D eigenvalue weighted by Crippen LogP contribution is 2.18. The van der Waals surface area contributed by atoms with Gasteiger partial charge in [-0.1, -0.05) is 35.9 Å². The quantitative estimate of drug-likeness (QED) is 0.580. The second-order valence-corrected chi connectivity index (χ2v) is 5.61. The van der Waals surface area contributed by atoms with Crippen molar-refractivity contribution in [2.24, 2.45) is 12.1 Å². The molecule has 0 fully saturated rings. The van der Waals surface area contributed by atoms with Gasteiger partial charge in [0.05, 0.1) is 6.21 Å². The first kappa shape index (κ1) is 15.8. The topological polar surface area (TPSA) is 55.6 Å². The van der Waals surface area contributed by atoms with E-state index in [4.69, 9.17) is 4.74 Å². The van der Waals surface area contributed by atoms with E-state index in [9.17, 15) is 4.79 Å². The summed E-state index contributed by atoms with van der Waals surface area (Å²) in [6, 6.07) is 15.6. The molecule has 122 valence electrons. The van der Waals surface area contributed by atoms with Crippen LogP contribution in [-0.2, 0) is 11.8 Å². The number of ether oxygens (including phenoxy) is 1. The molecule has 3 rings (SSSR count). The van der Waals surface area contributed by atoms with Gasteiger partial charge < -0.3 is 9.30 Å². The molecular weight excluding hydrogens is 302 g/mol. The number of nitrogens with zero attached hydrogens (tertiary/aromatic N) is 2. The van der Waals surface area contributed by atoms with E-state index >= 15 is 0 Å². The van der Waals surface area contributed by atoms with E-state index in [0.717, 1.165) is 22.0 Å². The second kappa shape index (κ2) is 7.00. The molecule has 0 aliphatic rings. The van der Waals surface area contributed by atoms with Gasteiger partial charge in [-0.2, -0.15) is 5.10 Å². The van der Waals surface area contributed by atoms with Crippen molar-refractivity contribution in [2.75, 3.05) is 6.61 Å². The van der Waals surface area contributed by atoms with Gasteiger partial charge in [0.15, 0.2) is 6.61 Å². The molecule has 5 nitrogen and oxygen atoms in total. The third-order valence-electron chi connectivity index (χ3n) is 3.71. The SMILES string of the molecule is Cc1ccc(OCC(=O)N/N=C/c2cn(C)c3ccccc23)cc1. The van der Waals surface area contributed by atoms with Gasteiger partial charge in [-0.3, -0.25) is 4.79 Å². The monoisotopic (exact) mass is 321 g/mol. The fourth-order valence-corrected chi connectivity index (χ4v) is 2.47. The normalized spacial score (nSPS) is 11.1. The molecular formula is C19H19N3O2. The molecule has 2 aromatic carbocycles. The van der Waals surface area contributed by atoms with Crippen LogP contribution in [0, 0.1) is 6.92 Å². The fraction of sp³-hybridized carbons (Fsp3) is 0.158. The first-order chi connectivity index (χ1) is 11.6. The minimum atomic E-state index is -0.299. The first-order valence-electron chi connectivity index (χ1n) is 7.69. The molecule has 0 bridgehead atoms. The number of benzene rings is 2. The molecule has 5 heteroatoms. The summed E-state index contributed by atoms with van der Waals surface area (Å²) < 4.78 is 7.44. The molecule has 1 N–H and O–H groups in total. The van der Waals surface area contributed by atoms with Crippen molar-refractivity contribution in [2.45, 2.75) is 6.92 Å². The van der Waals surface area contributed by atoms with Gasteiger partial charge in [-0.05, 0) is 25.1 Å². The zero-order valence-electron chi connectivity index (χ0n) is 13.7. The van der Waals surface area contributed by atoms with Crippen LogP contribution in [0.4, 0.5) is 0 Å². The Labute approximate surface area is 140 Å². The van der Waals surface area contributed by atoms with E-state index in [2.05, 4.69) is 10.5 Å². The predicted octanol–water partition coefficient (Wildman–Crippen LogP) is 3.02. The third kappa shape index (κ3) is 3.63. The molecule has 24 heavy (non-hydrogen) atoms. The smallest absolute Gasteiger partial charge is 0.277 e. The number of aryl methyl sites for hydroxylation is 2. The highest BCUT2D eigenvalue weighted by atomic mass is 16.5. The number of para-hydroxylation sites is 1. The molecule has 1 heterocycles. The predicted molar refractivity (Wildman–Crippen MR) is 95.3 cm³/mol. The Morgan fingerprint density at radius 2 is 1.96 bits per heavy atom. The average molecular weight is 321 g/mol. The van der Waals surface area contributed by atoms with Crippen LogP contribution in [0.1, 0.15) is 11.1 Å². The highest BCUT2D eigenvalue weighted by Gasteiger charge is 2.04. The molecule has 0 unspecified atom stereocenters. The van der Waals surface area contributed by atoms with E-state index in [1.165, 1.54) is 0 Å². The number of rotatable bonds is 5. The molecule has 0 radical (unpaired) electrons. The molecule has 0 spiro atoms. The van der Waals surface area contributed by atoms with Crippen LogP contribution in [0.2, 0.25) is 0 Å². The summed E-state index contributed by atoms with van der Waals surface area (Å²) in [7, 11) is 1.98. The second-order valence-electron chi connectivity index (χ2n) is 5.61. The van der Waals surface area contributed by atoms with Gasteiger partial charge in [0.25, 0.3) is 5.91 Å². The van der Waals surface area contributed by atoms with Crippen molar-refractivity contribution in [3.05, 3.63) is 65.9 Å². The Kier molecular flexibility index (Phi) is 4.61. The first-order valence-corrected chi connectivity index (χ1v) is 7.69. The highest BCUT2D eigenvalue weighted by molar-refractivity contribution is 5.99. The average Bonchev–Trinajstić information content (AvgIpc) is 2.91. The van der Waals surface area contributed by atoms with Gasteiger partial charge in [0.2, 0.25) is 0 Å². The number of fused-ring (bicyclic) bond motifs is 1. The van der Waals surface area contributed by atoms with Crippen molar-refractivity contribution in [1.82, 2.24) is 9.99 Å². The zero-order chi connectivity index (χ0) is 16.9. The van der Waals surface area contributed by atoms with Crippen LogP contribution in [-0.4, -0.2) is 23.3 Å². The lowest BCUT2D eigenvalue weighted by Gasteiger charge is -2.04. The molecule has 1 amide bonds. The molecule has 0 saturated carbocycles. The lowest BCUT2D eigenvalue weighted by Crippen LogP contribution is -2.24. The Morgan fingerprint density at radius 3 is 2.75 bits per heavy atom. The maximum Gasteiger partial charge on any atom is 0.277 e. The van der Waals surface area contributed by atoms with Gasteiger partial charge in [0.1, 0.15) is 5.75 Å². The van der Waals surface area contributed by atoms with Crippen molar-refractivity contribution in [1.29, 1.82) is 0 Å². The van der Waals surface area contributed by atoms with Crippen molar-refractivity contribution >= 4 is 23.0 Å². The Morgan fingerprint density at radius 1 is 1.21 bits per heavy atom. The maximum absolute atomic E-state index is 11.8. The minimum absolute atomic E-state index is 0.0735. The summed E-state index contributed by atoms with van der Waals surface area (Å²) in [6.07, 6.45) is 3.62. The number of hydrogen-bond donors (Lipinski definition) is 1. The van der Waals surface area contributed by atoms with E-state index < -0.39 is 0 Å². The maximum atomic E-state index is 11.8. The van der Waals surface area contributed by atoms with Crippen LogP contribution in [0.5, 0.6) is 5.75 Å². The number of amides is 1. The molecule has 0 atom stereocenters. The summed E-state index contributed by atoms with van der Waals surface area (Å²) in [5.74, 6) is 0.362. The van der Waals surface area contributed by atoms with Crippen molar-refractivity contribution < 1.29 is 9.53 Å². The minimum Gasteiger partial charge on any atom is -0.484 e. The largest absolute Gasteiger partial charge is 0.484 e. The van der Waals surface area contributed by atoms with E-state index in [-0.39, 0.29) is 12.5 Å². The van der Waals surface area contributed by atoms with Gasteiger partial charge >= 0.3 is 0 Å². The van der Waals surface area contributed by atoms with E-state index in [1.807, 2.05) is 73.3 Å². The number of hydrogen-bond acceptors (Lipinski definition) is 3. The standard InChI is InChI=1S/C19H19N3O2/c1-14-7-9-16(10-8-14)24-13-19(23)21-20-11-15-12-22(2)18-6-4-3-5-17(15)18/h3-12H,13H2,1-2H3,(H,21,23)/b20-11+. The summed E-state index contributed by atoms with van der Waals surface area (Å²) in [4.78, 5) is 11.8. The number of carbonyl (C=O) groups excluding carboxylic acids is 1. The Balaban J connectivity index is 1.57. The van der Waals surface area contributed by atoms with Crippen molar-refractivity contribution in [3.8, 4) is 5.75 Å². The number of hydrazone groups is 1. The lowest BCUT2D eigenvalue weighted by molar-refractivity contribution is -0.123. The lowest BCUT2D eigenvalue weighted by atomic mass is 10.2. The van der Waals surface area contributed by atoms with E-state index in [1.54, 1.807) is 6.21 Å². The molecule has 0 aliphatic carbocycles. The van der Waals surface area contributed by atoms with Crippen molar-refractivity contribution in [3.63, 3.8) is 0 Å². The summed E-state index contributed by atoms with van der Waals surface area (Å²) in [5, 5.41) is 5.11. The molecule has 1 aromatic heterocycles. The Bertz CT molecular complexity index is 879. The molecule has 3 aromatic rings. The van der Waals surface area contributed by atoms with Gasteiger partial charge in [-0.25, -0.2) is 5.43 Å². The van der Waals surface area contributed by atoms with Crippen LogP contribution >= 0.6 is 0 Å². The van der Waals surface area contributed by atoms with E-state index in [0.29, 0.717) is 5.75 Å². The summed E-state index contributed by atoms with van der Waals surface area (Å²) in [6.45, 7) is 1.93. The third-order valence-corrected chi connectivity index (χ3v) is 3.71. The molecule has 0 aliphatic heterocycles. The summed E-state index contributed by atoms with van der Waals surface area (Å²) >= 11 is 0. The van der Waals surface area contributed by atoms with Gasteiger partial charge in [0, 0.05) is 29.7 Å². The van der Waals surface area contributed by atoms with Crippen LogP contribution in [0.3, 0.4) is 0 Å². The molecule has 0 saturated heterocycles. The summed E-state index contributed by atoms with van der Waals surface area (Å²) in [5.41, 5.74) is 5.70. The van der Waals surface area contributed by atoms with Gasteiger partial charge in [-0.15, -0.1) is 0 Å². The zero-order valence-corrected chi connectivity index (χ0v) is 13.7.